The largest absolute Gasteiger partial charge is 0.397 e. The molecule has 3 N–H and O–H groups in total. The lowest BCUT2D eigenvalue weighted by atomic mass is 9.92. The molecule has 1 atom stereocenters. The third-order valence-electron chi connectivity index (χ3n) is 6.00. The van der Waals surface area contributed by atoms with Gasteiger partial charge in [0.15, 0.2) is 0 Å². The zero-order valence-electron chi connectivity index (χ0n) is 19.0. The van der Waals surface area contributed by atoms with E-state index in [0.717, 1.165) is 31.0 Å². The van der Waals surface area contributed by atoms with Crippen LogP contribution in [-0.2, 0) is 0 Å². The quantitative estimate of drug-likeness (QED) is 0.592. The first-order chi connectivity index (χ1) is 14.3. The minimum absolute atomic E-state index is 0.351. The van der Waals surface area contributed by atoms with Crippen molar-refractivity contribution < 1.29 is 4.52 Å². The molecule has 2 heterocycles. The Morgan fingerprint density at radius 3 is 2.77 bits per heavy atom. The number of nitrogens with two attached hydrogens (primary N) is 1. The Morgan fingerprint density at radius 2 is 2.10 bits per heavy atom. The number of hydrogen-bond donors (Lipinski definition) is 2. The maximum Gasteiger partial charge on any atom is 0.140 e. The van der Waals surface area contributed by atoms with E-state index >= 15 is 0 Å². The molecule has 168 valence electrons. The Labute approximate surface area is 186 Å². The highest BCUT2D eigenvalue weighted by Crippen LogP contribution is 2.40. The van der Waals surface area contributed by atoms with Gasteiger partial charge in [0, 0.05) is 43.7 Å². The highest BCUT2D eigenvalue weighted by atomic mass is 35.5. The van der Waals surface area contributed by atoms with Crippen LogP contribution >= 0.6 is 11.6 Å². The molecule has 2 aliphatic rings. The summed E-state index contributed by atoms with van der Waals surface area (Å²) in [6, 6.07) is 2.45. The Morgan fingerprint density at radius 1 is 1.33 bits per heavy atom. The molecule has 1 aliphatic heterocycles. The fraction of sp³-hybridized carbons (Fsp3) is 0.739. The Bertz CT molecular complexity index is 760. The second kappa shape index (κ2) is 10.3. The highest BCUT2D eigenvalue weighted by Gasteiger charge is 2.29. The molecule has 1 saturated carbocycles. The number of nitrogens with zero attached hydrogens (tertiary/aromatic N) is 3. The third-order valence-corrected chi connectivity index (χ3v) is 6.40. The number of likely N-dealkylation sites (tertiary alicyclic amines) is 1. The molecule has 0 amide bonds. The molecule has 1 saturated heterocycles. The molecule has 1 aromatic rings. The van der Waals surface area contributed by atoms with Crippen molar-refractivity contribution in [3.05, 3.63) is 23.1 Å². The molecule has 0 aromatic carbocycles. The Balaban J connectivity index is 1.69. The number of aromatic nitrogens is 1. The van der Waals surface area contributed by atoms with Crippen LogP contribution in [0.15, 0.2) is 21.2 Å². The lowest BCUT2D eigenvalue weighted by Gasteiger charge is -2.27. The van der Waals surface area contributed by atoms with E-state index in [-0.39, 0.29) is 0 Å². The van der Waals surface area contributed by atoms with Crippen LogP contribution in [0.4, 0.5) is 0 Å². The maximum atomic E-state index is 6.52. The summed E-state index contributed by atoms with van der Waals surface area (Å²) in [5, 5.41) is 8.42. The van der Waals surface area contributed by atoms with E-state index in [9.17, 15) is 0 Å². The van der Waals surface area contributed by atoms with Crippen molar-refractivity contribution in [2.45, 2.75) is 71.3 Å². The topological polar surface area (TPSA) is 79.7 Å². The van der Waals surface area contributed by atoms with Crippen molar-refractivity contribution in [1.82, 2.24) is 15.4 Å². The smallest absolute Gasteiger partial charge is 0.140 e. The van der Waals surface area contributed by atoms with Gasteiger partial charge in [-0.15, -0.1) is 0 Å². The SMILES string of the molecule is CN=C(Cl)/C(CN1CCCCC(NCCC(C)(C)C)C1)=C(\N)c1cc(C2CC2)on1. The molecule has 1 unspecified atom stereocenters. The van der Waals surface area contributed by atoms with Gasteiger partial charge in [0.2, 0.25) is 0 Å². The first-order valence-electron chi connectivity index (χ1n) is 11.3. The average Bonchev–Trinajstić information content (AvgIpc) is 3.47. The zero-order chi connectivity index (χ0) is 21.7. The van der Waals surface area contributed by atoms with Gasteiger partial charge in [0.25, 0.3) is 0 Å². The minimum Gasteiger partial charge on any atom is -0.397 e. The van der Waals surface area contributed by atoms with E-state index in [1.54, 1.807) is 7.05 Å². The third kappa shape index (κ3) is 6.82. The van der Waals surface area contributed by atoms with Crippen molar-refractivity contribution in [3.63, 3.8) is 0 Å². The summed E-state index contributed by atoms with van der Waals surface area (Å²) in [4.78, 5) is 6.66. The van der Waals surface area contributed by atoms with Crippen LogP contribution in [0.5, 0.6) is 0 Å². The number of rotatable bonds is 8. The van der Waals surface area contributed by atoms with Gasteiger partial charge in [-0.1, -0.05) is 43.9 Å². The second-order valence-corrected chi connectivity index (χ2v) is 10.3. The van der Waals surface area contributed by atoms with Crippen molar-refractivity contribution >= 4 is 22.5 Å². The van der Waals surface area contributed by atoms with Gasteiger partial charge in [-0.05, 0) is 50.6 Å². The summed E-state index contributed by atoms with van der Waals surface area (Å²) in [5.41, 5.74) is 8.95. The molecule has 30 heavy (non-hydrogen) atoms. The van der Waals surface area contributed by atoms with Gasteiger partial charge in [0.1, 0.15) is 16.6 Å². The van der Waals surface area contributed by atoms with Crippen LogP contribution in [0.3, 0.4) is 0 Å². The van der Waals surface area contributed by atoms with Crippen molar-refractivity contribution in [3.8, 4) is 0 Å². The second-order valence-electron chi connectivity index (χ2n) is 9.99. The number of aliphatic imine (C=N–C) groups is 1. The number of hydrogen-bond acceptors (Lipinski definition) is 6. The maximum absolute atomic E-state index is 6.52. The van der Waals surface area contributed by atoms with Crippen molar-refractivity contribution in [2.75, 3.05) is 33.2 Å². The van der Waals surface area contributed by atoms with Crippen molar-refractivity contribution in [1.29, 1.82) is 0 Å². The molecule has 6 nitrogen and oxygen atoms in total. The standard InChI is InChI=1S/C23H38ClN5O/c1-23(2,3)10-11-27-17-7-5-6-12-29(14-17)15-18(22(24)26-4)21(25)19-13-20(30-28-19)16-8-9-16/h13,16-17,27H,5-12,14-15,25H2,1-4H3/b21-18-,26-22?. The van der Waals surface area contributed by atoms with Gasteiger partial charge < -0.3 is 15.6 Å². The van der Waals surface area contributed by atoms with Gasteiger partial charge in [-0.25, -0.2) is 0 Å². The molecule has 3 rings (SSSR count). The van der Waals surface area contributed by atoms with E-state index in [0.29, 0.717) is 40.5 Å². The summed E-state index contributed by atoms with van der Waals surface area (Å²) < 4.78 is 5.50. The fourth-order valence-electron chi connectivity index (χ4n) is 3.93. The van der Waals surface area contributed by atoms with Gasteiger partial charge >= 0.3 is 0 Å². The van der Waals surface area contributed by atoms with E-state index in [1.807, 2.05) is 6.07 Å². The Kier molecular flexibility index (Phi) is 7.99. The summed E-state index contributed by atoms with van der Waals surface area (Å²) in [6.45, 7) is 10.6. The average molecular weight is 436 g/mol. The summed E-state index contributed by atoms with van der Waals surface area (Å²) >= 11 is 6.50. The lowest BCUT2D eigenvalue weighted by Crippen LogP contribution is -2.42. The molecule has 0 spiro atoms. The van der Waals surface area contributed by atoms with Crippen molar-refractivity contribution in [2.24, 2.45) is 16.1 Å². The zero-order valence-corrected chi connectivity index (χ0v) is 19.8. The minimum atomic E-state index is 0.351. The normalized spacial score (nSPS) is 22.7. The first kappa shape index (κ1) is 23.3. The molecule has 1 aliphatic carbocycles. The monoisotopic (exact) mass is 435 g/mol. The fourth-order valence-corrected chi connectivity index (χ4v) is 4.09. The molecule has 7 heteroatoms. The highest BCUT2D eigenvalue weighted by molar-refractivity contribution is 6.70. The summed E-state index contributed by atoms with van der Waals surface area (Å²) in [7, 11) is 1.70. The first-order valence-corrected chi connectivity index (χ1v) is 11.7. The van der Waals surface area contributed by atoms with Gasteiger partial charge in [0.05, 0.1) is 5.70 Å². The molecule has 0 bridgehead atoms. The van der Waals surface area contributed by atoms with Gasteiger partial charge in [-0.3, -0.25) is 9.89 Å². The molecular formula is C23H38ClN5O. The molecule has 1 aromatic heterocycles. The Hall–Kier alpha value is -1.37. The van der Waals surface area contributed by atoms with Crippen LogP contribution in [-0.4, -0.2) is 54.5 Å². The lowest BCUT2D eigenvalue weighted by molar-refractivity contribution is 0.272. The summed E-state index contributed by atoms with van der Waals surface area (Å²) in [5.74, 6) is 1.43. The number of halogens is 1. The molecule has 2 fully saturated rings. The summed E-state index contributed by atoms with van der Waals surface area (Å²) in [6.07, 6.45) is 7.13. The molecule has 0 radical (unpaired) electrons. The van der Waals surface area contributed by atoms with E-state index in [1.165, 1.54) is 38.5 Å². The van der Waals surface area contributed by atoms with Crippen LogP contribution < -0.4 is 11.1 Å². The van der Waals surface area contributed by atoms with Crippen LogP contribution in [0.1, 0.15) is 76.7 Å². The van der Waals surface area contributed by atoms with E-state index < -0.39 is 0 Å². The van der Waals surface area contributed by atoms with Crippen LogP contribution in [0.25, 0.3) is 5.70 Å². The molecular weight excluding hydrogens is 398 g/mol. The van der Waals surface area contributed by atoms with E-state index in [2.05, 4.69) is 41.1 Å². The van der Waals surface area contributed by atoms with E-state index in [4.69, 9.17) is 21.9 Å². The van der Waals surface area contributed by atoms with Crippen LogP contribution in [0, 0.1) is 5.41 Å². The predicted molar refractivity (Wildman–Crippen MR) is 125 cm³/mol. The number of nitrogens with one attached hydrogen (secondary N) is 1. The van der Waals surface area contributed by atoms with Gasteiger partial charge in [-0.2, -0.15) is 0 Å². The predicted octanol–water partition coefficient (Wildman–Crippen LogP) is 4.37. The van der Waals surface area contributed by atoms with Crippen LogP contribution in [0.2, 0.25) is 0 Å².